The van der Waals surface area contributed by atoms with E-state index in [1.807, 2.05) is 17.5 Å². The molecule has 1 heterocycles. The molecule has 0 aliphatic rings. The fraction of sp³-hybridized carbons (Fsp3) is 0.294. The minimum absolute atomic E-state index is 0.0452. The predicted octanol–water partition coefficient (Wildman–Crippen LogP) is 4.54. The molecule has 128 valence electrons. The Labute approximate surface area is 152 Å². The van der Waals surface area contributed by atoms with E-state index in [-0.39, 0.29) is 12.1 Å². The van der Waals surface area contributed by atoms with Gasteiger partial charge in [-0.2, -0.15) is 0 Å². The highest BCUT2D eigenvalue weighted by Crippen LogP contribution is 2.19. The van der Waals surface area contributed by atoms with E-state index in [0.29, 0.717) is 10.9 Å². The van der Waals surface area contributed by atoms with Gasteiger partial charge < -0.3 is 10.1 Å². The number of thiophene rings is 1. The predicted molar refractivity (Wildman–Crippen MR) is 95.5 cm³/mol. The van der Waals surface area contributed by atoms with Gasteiger partial charge in [-0.3, -0.25) is 9.59 Å². The molecule has 2 rings (SSSR count). The molecule has 0 bridgehead atoms. The van der Waals surface area contributed by atoms with Crippen molar-refractivity contribution in [3.05, 3.63) is 50.9 Å². The Hall–Kier alpha value is -1.73. The minimum Gasteiger partial charge on any atom is -0.453 e. The minimum atomic E-state index is -0.984. The summed E-state index contributed by atoms with van der Waals surface area (Å²) < 4.78 is 19.3. The van der Waals surface area contributed by atoms with E-state index in [1.54, 1.807) is 17.4 Å². The van der Waals surface area contributed by atoms with E-state index >= 15 is 0 Å². The molecular weight excluding hydrogens is 397 g/mol. The maximum Gasteiger partial charge on any atom is 0.306 e. The highest BCUT2D eigenvalue weighted by atomic mass is 79.9. The van der Waals surface area contributed by atoms with E-state index in [0.717, 1.165) is 6.42 Å². The molecule has 7 heteroatoms. The number of aryl methyl sites for hydroxylation is 1. The lowest BCUT2D eigenvalue weighted by Crippen LogP contribution is -2.30. The molecule has 1 amide bonds. The molecule has 1 aromatic carbocycles. The molecule has 0 fully saturated rings. The van der Waals surface area contributed by atoms with Gasteiger partial charge in [0, 0.05) is 15.8 Å². The first-order chi connectivity index (χ1) is 11.5. The summed E-state index contributed by atoms with van der Waals surface area (Å²) in [5, 5.41) is 4.40. The molecule has 0 aliphatic heterocycles. The molecule has 0 aliphatic carbocycles. The van der Waals surface area contributed by atoms with E-state index < -0.39 is 23.8 Å². The highest BCUT2D eigenvalue weighted by molar-refractivity contribution is 9.10. The Morgan fingerprint density at radius 2 is 2.17 bits per heavy atom. The monoisotopic (exact) mass is 413 g/mol. The second kappa shape index (κ2) is 8.94. The number of ether oxygens (including phenoxy) is 1. The van der Waals surface area contributed by atoms with Crippen LogP contribution in [0.15, 0.2) is 40.2 Å². The Morgan fingerprint density at radius 3 is 2.83 bits per heavy atom. The van der Waals surface area contributed by atoms with E-state index in [1.165, 1.54) is 23.9 Å². The number of carbonyl (C=O) groups is 2. The molecule has 1 aromatic heterocycles. The van der Waals surface area contributed by atoms with Crippen LogP contribution in [0.2, 0.25) is 0 Å². The summed E-state index contributed by atoms with van der Waals surface area (Å²) in [7, 11) is 0. The standard InChI is InChI=1S/C17H17BrFNO3S/c1-11(17(22)20-15-8-7-12(18)10-14(15)19)23-16(21)6-2-4-13-5-3-9-24-13/h3,5,7-11H,2,4,6H2,1H3,(H,20,22)/t11-/m1/s1. The average Bonchev–Trinajstić information content (AvgIpc) is 3.03. The molecule has 4 nitrogen and oxygen atoms in total. The van der Waals surface area contributed by atoms with Gasteiger partial charge in [0.05, 0.1) is 5.69 Å². The third-order valence-corrected chi connectivity index (χ3v) is 4.68. The number of carbonyl (C=O) groups excluding carboxylic acids is 2. The van der Waals surface area contributed by atoms with E-state index in [9.17, 15) is 14.0 Å². The van der Waals surface area contributed by atoms with Crippen LogP contribution in [0.4, 0.5) is 10.1 Å². The fourth-order valence-electron chi connectivity index (χ4n) is 2.00. The molecule has 0 saturated heterocycles. The van der Waals surface area contributed by atoms with Crippen LogP contribution in [0.1, 0.15) is 24.6 Å². The van der Waals surface area contributed by atoms with Gasteiger partial charge in [-0.25, -0.2) is 4.39 Å². The Balaban J connectivity index is 1.76. The fourth-order valence-corrected chi connectivity index (χ4v) is 3.08. The number of nitrogens with one attached hydrogen (secondary N) is 1. The van der Waals surface area contributed by atoms with Crippen LogP contribution >= 0.6 is 27.3 Å². The van der Waals surface area contributed by atoms with E-state index in [4.69, 9.17) is 4.74 Å². The maximum absolute atomic E-state index is 13.7. The summed E-state index contributed by atoms with van der Waals surface area (Å²) in [5.74, 6) is -1.57. The van der Waals surface area contributed by atoms with Crippen LogP contribution in [0.25, 0.3) is 0 Å². The van der Waals surface area contributed by atoms with Crippen LogP contribution < -0.4 is 5.32 Å². The summed E-state index contributed by atoms with van der Waals surface area (Å²) in [4.78, 5) is 25.0. The maximum atomic E-state index is 13.7. The Kier molecular flexibility index (Phi) is 6.93. The lowest BCUT2D eigenvalue weighted by molar-refractivity contribution is -0.153. The number of benzene rings is 1. The molecule has 0 radical (unpaired) electrons. The van der Waals surface area contributed by atoms with Gasteiger partial charge in [0.1, 0.15) is 5.82 Å². The number of esters is 1. The van der Waals surface area contributed by atoms with Gasteiger partial charge in [-0.1, -0.05) is 22.0 Å². The van der Waals surface area contributed by atoms with Crippen LogP contribution in [0.3, 0.4) is 0 Å². The smallest absolute Gasteiger partial charge is 0.306 e. The zero-order valence-electron chi connectivity index (χ0n) is 13.1. The molecule has 1 atom stereocenters. The number of amides is 1. The van der Waals surface area contributed by atoms with Crippen molar-refractivity contribution >= 4 is 44.8 Å². The highest BCUT2D eigenvalue weighted by Gasteiger charge is 2.19. The van der Waals surface area contributed by atoms with Gasteiger partial charge in [0.25, 0.3) is 5.91 Å². The number of halogens is 2. The molecule has 0 saturated carbocycles. The van der Waals surface area contributed by atoms with Crippen LogP contribution in [0.5, 0.6) is 0 Å². The number of hydrogen-bond donors (Lipinski definition) is 1. The first-order valence-corrected chi connectivity index (χ1v) is 9.11. The summed E-state index contributed by atoms with van der Waals surface area (Å²) in [6.45, 7) is 1.46. The quantitative estimate of drug-likeness (QED) is 0.677. The third kappa shape index (κ3) is 5.72. The molecular formula is C17H17BrFNO3S. The average molecular weight is 414 g/mol. The van der Waals surface area contributed by atoms with Gasteiger partial charge in [-0.05, 0) is 49.4 Å². The van der Waals surface area contributed by atoms with Crippen LogP contribution in [0, 0.1) is 5.82 Å². The molecule has 0 unspecified atom stereocenters. The molecule has 24 heavy (non-hydrogen) atoms. The number of rotatable bonds is 7. The van der Waals surface area contributed by atoms with Crippen molar-refractivity contribution in [3.63, 3.8) is 0 Å². The Bertz CT molecular complexity index is 706. The lowest BCUT2D eigenvalue weighted by atomic mass is 10.2. The largest absolute Gasteiger partial charge is 0.453 e. The van der Waals surface area contributed by atoms with Crippen molar-refractivity contribution in [1.29, 1.82) is 0 Å². The first-order valence-electron chi connectivity index (χ1n) is 7.43. The normalized spacial score (nSPS) is 11.8. The second-order valence-electron chi connectivity index (χ2n) is 5.18. The van der Waals surface area contributed by atoms with Gasteiger partial charge in [0.15, 0.2) is 6.10 Å². The van der Waals surface area contributed by atoms with E-state index in [2.05, 4.69) is 21.2 Å². The van der Waals surface area contributed by atoms with Crippen LogP contribution in [-0.4, -0.2) is 18.0 Å². The Morgan fingerprint density at radius 1 is 1.38 bits per heavy atom. The SMILES string of the molecule is C[C@@H](OC(=O)CCCc1cccs1)C(=O)Nc1ccc(Br)cc1F. The third-order valence-electron chi connectivity index (χ3n) is 3.25. The van der Waals surface area contributed by atoms with Crippen molar-refractivity contribution in [2.45, 2.75) is 32.3 Å². The van der Waals surface area contributed by atoms with Crippen molar-refractivity contribution in [1.82, 2.24) is 0 Å². The zero-order valence-corrected chi connectivity index (χ0v) is 15.5. The first kappa shape index (κ1) is 18.6. The lowest BCUT2D eigenvalue weighted by Gasteiger charge is -2.14. The van der Waals surface area contributed by atoms with Gasteiger partial charge >= 0.3 is 5.97 Å². The summed E-state index contributed by atoms with van der Waals surface area (Å²) >= 11 is 4.78. The number of hydrogen-bond acceptors (Lipinski definition) is 4. The molecule has 0 spiro atoms. The van der Waals surface area contributed by atoms with Gasteiger partial charge in [-0.15, -0.1) is 11.3 Å². The van der Waals surface area contributed by atoms with Crippen molar-refractivity contribution < 1.29 is 18.7 Å². The van der Waals surface area contributed by atoms with Gasteiger partial charge in [0.2, 0.25) is 0 Å². The second-order valence-corrected chi connectivity index (χ2v) is 7.13. The summed E-state index contributed by atoms with van der Waals surface area (Å²) in [5.41, 5.74) is 0.0452. The van der Waals surface area contributed by atoms with Crippen LogP contribution in [-0.2, 0) is 20.7 Å². The number of anilines is 1. The van der Waals surface area contributed by atoms with Crippen molar-refractivity contribution in [3.8, 4) is 0 Å². The zero-order chi connectivity index (χ0) is 17.5. The topological polar surface area (TPSA) is 55.4 Å². The molecule has 2 aromatic rings. The van der Waals surface area contributed by atoms with Crippen molar-refractivity contribution in [2.75, 3.05) is 5.32 Å². The summed E-state index contributed by atoms with van der Waals surface area (Å²) in [6, 6.07) is 8.27. The summed E-state index contributed by atoms with van der Waals surface area (Å²) in [6.07, 6.45) is 0.719. The molecule has 1 N–H and O–H groups in total. The van der Waals surface area contributed by atoms with Crippen molar-refractivity contribution in [2.24, 2.45) is 0 Å².